The number of aryl methyl sites for hydroxylation is 2. The Morgan fingerprint density at radius 2 is 2.25 bits per heavy atom. The van der Waals surface area contributed by atoms with Gasteiger partial charge in [0.2, 0.25) is 0 Å². The van der Waals surface area contributed by atoms with Crippen LogP contribution in [0.25, 0.3) is 0 Å². The maximum absolute atomic E-state index is 10.1. The number of rotatable bonds is 3. The van der Waals surface area contributed by atoms with E-state index in [1.54, 1.807) is 11.3 Å². The van der Waals surface area contributed by atoms with E-state index in [-0.39, 0.29) is 6.10 Å². The molecule has 1 N–H and O–H groups in total. The van der Waals surface area contributed by atoms with Gasteiger partial charge in [-0.05, 0) is 33.6 Å². The van der Waals surface area contributed by atoms with E-state index in [4.69, 9.17) is 4.74 Å². The molecule has 1 saturated heterocycles. The van der Waals surface area contributed by atoms with E-state index >= 15 is 0 Å². The van der Waals surface area contributed by atoms with Crippen molar-refractivity contribution in [2.24, 2.45) is 0 Å². The third-order valence-electron chi connectivity index (χ3n) is 3.15. The molecule has 3 atom stereocenters. The summed E-state index contributed by atoms with van der Waals surface area (Å²) in [5, 5.41) is 11.1. The lowest BCUT2D eigenvalue weighted by molar-refractivity contribution is -0.0278. The van der Waals surface area contributed by atoms with Crippen LogP contribution in [-0.2, 0) is 11.2 Å². The molecule has 0 bridgehead atoms. The van der Waals surface area contributed by atoms with E-state index in [2.05, 4.69) is 18.8 Å². The SMILES string of the molecule is Cc1nc(CC(O)C2CCC(C)O2)sc1C. The van der Waals surface area contributed by atoms with Crippen molar-refractivity contribution in [2.45, 2.75) is 58.3 Å². The summed E-state index contributed by atoms with van der Waals surface area (Å²) in [6, 6.07) is 0. The first-order chi connectivity index (χ1) is 7.56. The van der Waals surface area contributed by atoms with Gasteiger partial charge in [-0.2, -0.15) is 0 Å². The van der Waals surface area contributed by atoms with Gasteiger partial charge in [0.05, 0.1) is 29.0 Å². The highest BCUT2D eigenvalue weighted by Gasteiger charge is 2.28. The number of thiazole rings is 1. The molecule has 1 aliphatic heterocycles. The molecule has 1 fully saturated rings. The zero-order chi connectivity index (χ0) is 11.7. The van der Waals surface area contributed by atoms with Crippen molar-refractivity contribution in [3.05, 3.63) is 15.6 Å². The summed E-state index contributed by atoms with van der Waals surface area (Å²) in [4.78, 5) is 5.68. The van der Waals surface area contributed by atoms with Crippen molar-refractivity contribution in [3.63, 3.8) is 0 Å². The van der Waals surface area contributed by atoms with E-state index in [1.165, 1.54) is 4.88 Å². The number of aromatic nitrogens is 1. The third-order valence-corrected chi connectivity index (χ3v) is 4.25. The van der Waals surface area contributed by atoms with E-state index in [9.17, 15) is 5.11 Å². The fraction of sp³-hybridized carbons (Fsp3) is 0.750. The molecule has 90 valence electrons. The molecule has 1 aromatic heterocycles. The Morgan fingerprint density at radius 3 is 2.75 bits per heavy atom. The first-order valence-electron chi connectivity index (χ1n) is 5.82. The predicted molar refractivity (Wildman–Crippen MR) is 64.9 cm³/mol. The summed E-state index contributed by atoms with van der Waals surface area (Å²) in [5.41, 5.74) is 1.08. The minimum atomic E-state index is -0.408. The molecular weight excluding hydrogens is 222 g/mol. The Labute approximate surface area is 100 Å². The smallest absolute Gasteiger partial charge is 0.0957 e. The van der Waals surface area contributed by atoms with Gasteiger partial charge in [-0.1, -0.05) is 0 Å². The van der Waals surface area contributed by atoms with Gasteiger partial charge in [0.25, 0.3) is 0 Å². The lowest BCUT2D eigenvalue weighted by Gasteiger charge is -2.17. The molecule has 4 heteroatoms. The van der Waals surface area contributed by atoms with Crippen LogP contribution in [-0.4, -0.2) is 28.4 Å². The fourth-order valence-corrected chi connectivity index (χ4v) is 3.04. The molecule has 3 nitrogen and oxygen atoms in total. The van der Waals surface area contributed by atoms with Gasteiger partial charge in [-0.25, -0.2) is 4.98 Å². The standard InChI is InChI=1S/C12H19NO2S/c1-7-4-5-11(15-7)10(14)6-12-13-8(2)9(3)16-12/h7,10-11,14H,4-6H2,1-3H3. The number of aliphatic hydroxyl groups is 1. The topological polar surface area (TPSA) is 42.4 Å². The zero-order valence-corrected chi connectivity index (χ0v) is 10.9. The molecule has 2 heterocycles. The second kappa shape index (κ2) is 4.82. The summed E-state index contributed by atoms with van der Waals surface area (Å²) < 4.78 is 5.66. The highest BCUT2D eigenvalue weighted by molar-refractivity contribution is 7.11. The Bertz CT molecular complexity index is 344. The van der Waals surface area contributed by atoms with E-state index in [1.807, 2.05) is 6.92 Å². The summed E-state index contributed by atoms with van der Waals surface area (Å²) in [7, 11) is 0. The molecule has 1 aromatic rings. The molecule has 0 aliphatic carbocycles. The molecule has 1 aliphatic rings. The van der Waals surface area contributed by atoms with Gasteiger partial charge >= 0.3 is 0 Å². The molecule has 0 spiro atoms. The first kappa shape index (κ1) is 12.0. The van der Waals surface area contributed by atoms with Crippen LogP contribution < -0.4 is 0 Å². The van der Waals surface area contributed by atoms with E-state index in [0.29, 0.717) is 12.5 Å². The van der Waals surface area contributed by atoms with Crippen molar-refractivity contribution in [1.82, 2.24) is 4.98 Å². The normalized spacial score (nSPS) is 27.2. The second-order valence-corrected chi connectivity index (χ2v) is 5.87. The minimum Gasteiger partial charge on any atom is -0.390 e. The highest BCUT2D eigenvalue weighted by atomic mass is 32.1. The van der Waals surface area contributed by atoms with E-state index in [0.717, 1.165) is 23.5 Å². The maximum atomic E-state index is 10.1. The molecule has 16 heavy (non-hydrogen) atoms. The Hall–Kier alpha value is -0.450. The lowest BCUT2D eigenvalue weighted by Crippen LogP contribution is -2.28. The second-order valence-electron chi connectivity index (χ2n) is 4.58. The van der Waals surface area contributed by atoms with Crippen LogP contribution in [0.2, 0.25) is 0 Å². The van der Waals surface area contributed by atoms with Crippen molar-refractivity contribution >= 4 is 11.3 Å². The number of nitrogens with zero attached hydrogens (tertiary/aromatic N) is 1. The van der Waals surface area contributed by atoms with E-state index < -0.39 is 6.10 Å². The van der Waals surface area contributed by atoms with Gasteiger partial charge in [0.1, 0.15) is 0 Å². The first-order valence-corrected chi connectivity index (χ1v) is 6.64. The van der Waals surface area contributed by atoms with Crippen molar-refractivity contribution in [3.8, 4) is 0 Å². The maximum Gasteiger partial charge on any atom is 0.0957 e. The minimum absolute atomic E-state index is 0.000452. The van der Waals surface area contributed by atoms with Gasteiger partial charge in [0.15, 0.2) is 0 Å². The summed E-state index contributed by atoms with van der Waals surface area (Å²) in [6.07, 6.45) is 2.52. The molecule has 2 rings (SSSR count). The average molecular weight is 241 g/mol. The Balaban J connectivity index is 1.94. The Morgan fingerprint density at radius 1 is 1.50 bits per heavy atom. The molecule has 3 unspecified atom stereocenters. The van der Waals surface area contributed by atoms with Gasteiger partial charge < -0.3 is 9.84 Å². The molecule has 0 radical (unpaired) electrons. The largest absolute Gasteiger partial charge is 0.390 e. The predicted octanol–water partition coefficient (Wildman–Crippen LogP) is 2.23. The molecule has 0 amide bonds. The van der Waals surface area contributed by atoms with Gasteiger partial charge in [-0.15, -0.1) is 11.3 Å². The zero-order valence-electron chi connectivity index (χ0n) is 10.1. The quantitative estimate of drug-likeness (QED) is 0.882. The van der Waals surface area contributed by atoms with Crippen LogP contribution in [0.4, 0.5) is 0 Å². The lowest BCUT2D eigenvalue weighted by atomic mass is 10.1. The van der Waals surface area contributed by atoms with Crippen LogP contribution in [0.1, 0.15) is 35.3 Å². The van der Waals surface area contributed by atoms with Crippen LogP contribution >= 0.6 is 11.3 Å². The number of hydrogen-bond donors (Lipinski definition) is 1. The van der Waals surface area contributed by atoms with Crippen LogP contribution in [0.5, 0.6) is 0 Å². The van der Waals surface area contributed by atoms with Crippen molar-refractivity contribution in [2.75, 3.05) is 0 Å². The monoisotopic (exact) mass is 241 g/mol. The van der Waals surface area contributed by atoms with Crippen LogP contribution in [0.15, 0.2) is 0 Å². The number of hydrogen-bond acceptors (Lipinski definition) is 4. The summed E-state index contributed by atoms with van der Waals surface area (Å²) >= 11 is 1.68. The van der Waals surface area contributed by atoms with Crippen molar-refractivity contribution in [1.29, 1.82) is 0 Å². The van der Waals surface area contributed by atoms with Crippen LogP contribution in [0, 0.1) is 13.8 Å². The summed E-state index contributed by atoms with van der Waals surface area (Å²) in [5.74, 6) is 0. The number of aliphatic hydroxyl groups excluding tert-OH is 1. The molecule has 0 saturated carbocycles. The molecular formula is C12H19NO2S. The third kappa shape index (κ3) is 2.62. The highest BCUT2D eigenvalue weighted by Crippen LogP contribution is 2.25. The molecule has 0 aromatic carbocycles. The van der Waals surface area contributed by atoms with Gasteiger partial charge in [0, 0.05) is 11.3 Å². The Kier molecular flexibility index (Phi) is 3.62. The average Bonchev–Trinajstić information content (AvgIpc) is 2.75. The number of ether oxygens (including phenoxy) is 1. The summed E-state index contributed by atoms with van der Waals surface area (Å²) in [6.45, 7) is 6.14. The van der Waals surface area contributed by atoms with Crippen molar-refractivity contribution < 1.29 is 9.84 Å². The van der Waals surface area contributed by atoms with Crippen LogP contribution in [0.3, 0.4) is 0 Å². The fourth-order valence-electron chi connectivity index (χ4n) is 2.05. The van der Waals surface area contributed by atoms with Gasteiger partial charge in [-0.3, -0.25) is 0 Å².